The van der Waals surface area contributed by atoms with E-state index in [1.807, 2.05) is 6.07 Å². The first kappa shape index (κ1) is 15.4. The molecule has 0 radical (unpaired) electrons. The number of piperidine rings is 1. The Morgan fingerprint density at radius 1 is 1.50 bits per heavy atom. The molecule has 2 bridgehead atoms. The van der Waals surface area contributed by atoms with Crippen LogP contribution in [-0.2, 0) is 4.79 Å². The van der Waals surface area contributed by atoms with Gasteiger partial charge in [0.2, 0.25) is 11.0 Å². The number of hydrogen-bond donors (Lipinski definition) is 1. The third-order valence-electron chi connectivity index (χ3n) is 4.29. The molecule has 1 fully saturated rings. The summed E-state index contributed by atoms with van der Waals surface area (Å²) in [6, 6.07) is 4.14. The lowest BCUT2D eigenvalue weighted by atomic mass is 9.86. The molecule has 3 aliphatic rings. The lowest BCUT2D eigenvalue weighted by Crippen LogP contribution is -2.39. The number of thioether (sulfide) groups is 1. The topological polar surface area (TPSA) is 94.8 Å². The Morgan fingerprint density at radius 3 is 3.04 bits per heavy atom. The number of aromatic nitrogens is 3. The van der Waals surface area contributed by atoms with Crippen LogP contribution in [-0.4, -0.2) is 39.9 Å². The van der Waals surface area contributed by atoms with Crippen LogP contribution in [0.25, 0.3) is 0 Å². The van der Waals surface area contributed by atoms with E-state index in [0.29, 0.717) is 21.6 Å². The molecule has 5 heterocycles. The number of nitrogens with zero attached hydrogens (tertiary/aromatic N) is 5. The van der Waals surface area contributed by atoms with Gasteiger partial charge < -0.3 is 4.90 Å². The van der Waals surface area contributed by atoms with Gasteiger partial charge >= 0.3 is 0 Å². The number of carbonyl (C=O) groups is 1. The fraction of sp³-hybridized carbons (Fsp3) is 0.400. The molecule has 1 saturated heterocycles. The van der Waals surface area contributed by atoms with Crippen molar-refractivity contribution < 1.29 is 4.79 Å². The predicted molar refractivity (Wildman–Crippen MR) is 92.4 cm³/mol. The molecule has 1 N–H and O–H groups in total. The molecular weight excluding hydrogens is 344 g/mol. The molecule has 0 atom stereocenters. The average molecular weight is 358 g/mol. The van der Waals surface area contributed by atoms with Crippen molar-refractivity contribution in [1.29, 1.82) is 5.26 Å². The molecule has 3 aliphatic heterocycles. The maximum Gasteiger partial charge on any atom is 0.236 e. The number of amides is 1. The highest BCUT2D eigenvalue weighted by Crippen LogP contribution is 2.42. The maximum absolute atomic E-state index is 12.0. The van der Waals surface area contributed by atoms with Gasteiger partial charge in [0.1, 0.15) is 16.6 Å². The van der Waals surface area contributed by atoms with Crippen LogP contribution in [0.2, 0.25) is 0 Å². The Bertz CT molecular complexity index is 808. The smallest absolute Gasteiger partial charge is 0.236 e. The van der Waals surface area contributed by atoms with Crippen molar-refractivity contribution in [3.63, 3.8) is 0 Å². The van der Waals surface area contributed by atoms with Gasteiger partial charge in [-0.05, 0) is 18.9 Å². The van der Waals surface area contributed by atoms with Crippen LogP contribution in [0.15, 0.2) is 16.6 Å². The average Bonchev–Trinajstić information content (AvgIpc) is 3.13. The molecule has 0 spiro atoms. The van der Waals surface area contributed by atoms with Crippen molar-refractivity contribution in [1.82, 2.24) is 15.2 Å². The fourth-order valence-corrected chi connectivity index (χ4v) is 4.38. The van der Waals surface area contributed by atoms with E-state index in [4.69, 9.17) is 4.98 Å². The summed E-state index contributed by atoms with van der Waals surface area (Å²) in [4.78, 5) is 19.0. The highest BCUT2D eigenvalue weighted by atomic mass is 32.2. The molecule has 0 saturated carbocycles. The standard InChI is InChI=1S/C15H14N6OS2/c16-6-10-5-11-13(9-1-3-21(11)4-2-9)19-14(10)23-7-12(22)18-15-20-17-8-24-15/h5,8-9H,1-4,7H2,(H,18,20,22). The van der Waals surface area contributed by atoms with Crippen LogP contribution in [0.1, 0.15) is 30.0 Å². The van der Waals surface area contributed by atoms with E-state index in [-0.39, 0.29) is 11.7 Å². The largest absolute Gasteiger partial charge is 0.370 e. The Kier molecular flexibility index (Phi) is 4.08. The minimum Gasteiger partial charge on any atom is -0.370 e. The van der Waals surface area contributed by atoms with E-state index < -0.39 is 0 Å². The minimum atomic E-state index is -0.176. The molecule has 2 aromatic heterocycles. The predicted octanol–water partition coefficient (Wildman–Crippen LogP) is 2.23. The molecule has 0 unspecified atom stereocenters. The van der Waals surface area contributed by atoms with E-state index in [9.17, 15) is 10.1 Å². The molecule has 1 amide bonds. The zero-order chi connectivity index (χ0) is 16.5. The Morgan fingerprint density at radius 2 is 2.33 bits per heavy atom. The van der Waals surface area contributed by atoms with Gasteiger partial charge in [0.25, 0.3) is 0 Å². The molecule has 0 aromatic carbocycles. The number of nitriles is 1. The number of nitrogens with one attached hydrogen (secondary N) is 1. The van der Waals surface area contributed by atoms with Gasteiger partial charge in [-0.15, -0.1) is 10.2 Å². The molecule has 7 nitrogen and oxygen atoms in total. The van der Waals surface area contributed by atoms with Gasteiger partial charge in [-0.3, -0.25) is 10.1 Å². The summed E-state index contributed by atoms with van der Waals surface area (Å²) in [6.45, 7) is 2.09. The number of anilines is 2. The van der Waals surface area contributed by atoms with Gasteiger partial charge in [0.05, 0.1) is 22.7 Å². The summed E-state index contributed by atoms with van der Waals surface area (Å²) in [5.41, 5.74) is 4.27. The zero-order valence-electron chi connectivity index (χ0n) is 12.7. The van der Waals surface area contributed by atoms with Gasteiger partial charge in [0, 0.05) is 19.0 Å². The van der Waals surface area contributed by atoms with Crippen molar-refractivity contribution in [2.45, 2.75) is 23.8 Å². The number of carbonyl (C=O) groups excluding carboxylic acids is 1. The molecule has 5 rings (SSSR count). The molecule has 122 valence electrons. The van der Waals surface area contributed by atoms with Crippen LogP contribution in [0.4, 0.5) is 10.8 Å². The highest BCUT2D eigenvalue weighted by Gasteiger charge is 2.33. The lowest BCUT2D eigenvalue weighted by molar-refractivity contribution is -0.113. The number of hydrogen-bond acceptors (Lipinski definition) is 8. The SMILES string of the molecule is N#Cc1cc2c(nc1SCC(=O)Nc1nncs1)C1CCN2CC1. The molecule has 0 aliphatic carbocycles. The van der Waals surface area contributed by atoms with Crippen LogP contribution in [0.3, 0.4) is 0 Å². The Balaban J connectivity index is 1.52. The lowest BCUT2D eigenvalue weighted by Gasteiger charge is -2.41. The van der Waals surface area contributed by atoms with Gasteiger partial charge in [-0.1, -0.05) is 23.1 Å². The maximum atomic E-state index is 12.0. The van der Waals surface area contributed by atoms with E-state index >= 15 is 0 Å². The van der Waals surface area contributed by atoms with E-state index in [1.54, 1.807) is 5.51 Å². The number of fused-ring (bicyclic) bond motifs is 2. The summed E-state index contributed by atoms with van der Waals surface area (Å²) in [6.07, 6.45) is 2.24. The minimum absolute atomic E-state index is 0.176. The summed E-state index contributed by atoms with van der Waals surface area (Å²) in [5.74, 6) is 0.492. The third-order valence-corrected chi connectivity index (χ3v) is 5.88. The van der Waals surface area contributed by atoms with Crippen LogP contribution in [0.5, 0.6) is 0 Å². The molecular formula is C15H14N6OS2. The second-order valence-electron chi connectivity index (χ2n) is 5.70. The van der Waals surface area contributed by atoms with Crippen molar-refractivity contribution in [2.24, 2.45) is 0 Å². The molecule has 24 heavy (non-hydrogen) atoms. The first-order valence-electron chi connectivity index (χ1n) is 7.63. The van der Waals surface area contributed by atoms with Crippen molar-refractivity contribution >= 4 is 39.8 Å². The van der Waals surface area contributed by atoms with Crippen LogP contribution in [0, 0.1) is 11.3 Å². The van der Waals surface area contributed by atoms with Crippen LogP contribution < -0.4 is 10.2 Å². The first-order valence-corrected chi connectivity index (χ1v) is 9.50. The van der Waals surface area contributed by atoms with E-state index in [0.717, 1.165) is 37.3 Å². The van der Waals surface area contributed by atoms with E-state index in [1.165, 1.54) is 23.1 Å². The second kappa shape index (κ2) is 6.37. The van der Waals surface area contributed by atoms with Gasteiger partial charge in [0.15, 0.2) is 0 Å². The van der Waals surface area contributed by atoms with Gasteiger partial charge in [-0.2, -0.15) is 5.26 Å². The fourth-order valence-electron chi connectivity index (χ4n) is 3.15. The highest BCUT2D eigenvalue weighted by molar-refractivity contribution is 8.00. The van der Waals surface area contributed by atoms with Crippen molar-refractivity contribution in [3.05, 3.63) is 22.8 Å². The molecule has 2 aromatic rings. The number of rotatable bonds is 4. The first-order chi connectivity index (χ1) is 11.7. The number of pyridine rings is 1. The summed E-state index contributed by atoms with van der Waals surface area (Å²) in [5, 5.41) is 20.7. The van der Waals surface area contributed by atoms with E-state index in [2.05, 4.69) is 26.5 Å². The Labute approximate surface area is 147 Å². The second-order valence-corrected chi connectivity index (χ2v) is 7.50. The quantitative estimate of drug-likeness (QED) is 0.837. The van der Waals surface area contributed by atoms with Crippen LogP contribution >= 0.6 is 23.1 Å². The monoisotopic (exact) mass is 358 g/mol. The zero-order valence-corrected chi connectivity index (χ0v) is 14.4. The van der Waals surface area contributed by atoms with Crippen molar-refractivity contribution in [3.8, 4) is 6.07 Å². The summed E-state index contributed by atoms with van der Waals surface area (Å²) >= 11 is 2.56. The normalized spacial score (nSPS) is 15.9. The van der Waals surface area contributed by atoms with Gasteiger partial charge in [-0.25, -0.2) is 4.98 Å². The summed E-state index contributed by atoms with van der Waals surface area (Å²) < 4.78 is 0. The van der Waals surface area contributed by atoms with Crippen molar-refractivity contribution in [2.75, 3.05) is 29.1 Å². The summed E-state index contributed by atoms with van der Waals surface area (Å²) in [7, 11) is 0. The third kappa shape index (κ3) is 2.83. The Hall–Kier alpha value is -2.18. The molecule has 9 heteroatoms.